The molecule has 0 amide bonds. The minimum atomic E-state index is 0.826. The number of nitrogens with one attached hydrogen (secondary N) is 1. The number of anilines is 1. The maximum atomic E-state index is 4.42. The number of nitrogens with zero attached hydrogens (tertiary/aromatic N) is 2. The molecule has 17 heavy (non-hydrogen) atoms. The summed E-state index contributed by atoms with van der Waals surface area (Å²) in [7, 11) is 0. The third-order valence-corrected chi connectivity index (χ3v) is 4.13. The third-order valence-electron chi connectivity index (χ3n) is 2.25. The zero-order valence-corrected chi connectivity index (χ0v) is 11.6. The number of thioether (sulfide) groups is 1. The number of aromatic nitrogens is 2. The van der Waals surface area contributed by atoms with Crippen LogP contribution in [0.2, 0.25) is 0 Å². The Morgan fingerprint density at radius 1 is 1.35 bits per heavy atom. The molecule has 2 rings (SSSR count). The molecule has 0 radical (unpaired) electrons. The van der Waals surface area contributed by atoms with Crippen molar-refractivity contribution in [1.29, 1.82) is 0 Å². The molecule has 90 valence electrons. The van der Waals surface area contributed by atoms with E-state index in [0.29, 0.717) is 0 Å². The summed E-state index contributed by atoms with van der Waals surface area (Å²) >= 11 is 3.21. The van der Waals surface area contributed by atoms with Crippen molar-refractivity contribution in [2.45, 2.75) is 24.5 Å². The van der Waals surface area contributed by atoms with E-state index < -0.39 is 0 Å². The molecule has 2 aromatic rings. The first kappa shape index (κ1) is 12.4. The molecular weight excluding hydrogens is 250 g/mol. The van der Waals surface area contributed by atoms with Crippen LogP contribution in [-0.2, 0) is 5.75 Å². The average molecular weight is 265 g/mol. The molecule has 1 heterocycles. The lowest BCUT2D eigenvalue weighted by Crippen LogP contribution is -1.95. The molecule has 0 bridgehead atoms. The van der Waals surface area contributed by atoms with Gasteiger partial charge in [-0.25, -0.2) is 4.98 Å². The van der Waals surface area contributed by atoms with Gasteiger partial charge in [-0.3, -0.25) is 0 Å². The molecule has 0 aliphatic heterocycles. The summed E-state index contributed by atoms with van der Waals surface area (Å²) in [6.45, 7) is 5.07. The minimum Gasteiger partial charge on any atom is -0.361 e. The monoisotopic (exact) mass is 265 g/mol. The van der Waals surface area contributed by atoms with Gasteiger partial charge in [-0.15, -0.1) is 11.8 Å². The molecule has 0 spiro atoms. The second kappa shape index (κ2) is 6.02. The molecule has 1 aromatic carbocycles. The quantitative estimate of drug-likeness (QED) is 0.839. The molecule has 0 fully saturated rings. The summed E-state index contributed by atoms with van der Waals surface area (Å²) in [5.74, 6) is 1.73. The second-order valence-electron chi connectivity index (χ2n) is 3.60. The van der Waals surface area contributed by atoms with Gasteiger partial charge in [0.1, 0.15) is 0 Å². The highest BCUT2D eigenvalue weighted by molar-refractivity contribution is 7.98. The van der Waals surface area contributed by atoms with Crippen LogP contribution in [0.3, 0.4) is 0 Å². The highest BCUT2D eigenvalue weighted by Crippen LogP contribution is 2.25. The maximum Gasteiger partial charge on any atom is 0.202 e. The standard InChI is InChI=1S/C12H15N3S2/c1-3-13-12-14-11(15-17-12)8-16-10-7-5-4-6-9(10)2/h4-7H,3,8H2,1-2H3,(H,13,14,15). The van der Waals surface area contributed by atoms with E-state index in [9.17, 15) is 0 Å². The topological polar surface area (TPSA) is 37.8 Å². The van der Waals surface area contributed by atoms with Crippen molar-refractivity contribution >= 4 is 28.4 Å². The lowest BCUT2D eigenvalue weighted by molar-refractivity contribution is 1.11. The summed E-state index contributed by atoms with van der Waals surface area (Å²) in [4.78, 5) is 5.72. The van der Waals surface area contributed by atoms with Crippen molar-refractivity contribution in [3.63, 3.8) is 0 Å². The minimum absolute atomic E-state index is 0.826. The van der Waals surface area contributed by atoms with Gasteiger partial charge in [0.05, 0.1) is 5.75 Å². The van der Waals surface area contributed by atoms with Crippen molar-refractivity contribution in [2.24, 2.45) is 0 Å². The van der Waals surface area contributed by atoms with E-state index in [1.807, 2.05) is 0 Å². The van der Waals surface area contributed by atoms with Crippen molar-refractivity contribution < 1.29 is 0 Å². The molecule has 0 unspecified atom stereocenters. The molecule has 0 saturated carbocycles. The fraction of sp³-hybridized carbons (Fsp3) is 0.333. The van der Waals surface area contributed by atoms with Crippen molar-refractivity contribution in [3.05, 3.63) is 35.7 Å². The van der Waals surface area contributed by atoms with Gasteiger partial charge in [0.15, 0.2) is 5.82 Å². The van der Waals surface area contributed by atoms with Crippen molar-refractivity contribution in [1.82, 2.24) is 9.36 Å². The Labute approximate surface area is 110 Å². The Morgan fingerprint density at radius 3 is 2.94 bits per heavy atom. The number of benzene rings is 1. The van der Waals surface area contributed by atoms with E-state index in [0.717, 1.165) is 23.3 Å². The van der Waals surface area contributed by atoms with Crippen LogP contribution in [0, 0.1) is 6.92 Å². The van der Waals surface area contributed by atoms with Crippen molar-refractivity contribution in [3.8, 4) is 0 Å². The number of rotatable bonds is 5. The van der Waals surface area contributed by atoms with E-state index in [-0.39, 0.29) is 0 Å². The summed E-state index contributed by atoms with van der Waals surface area (Å²) in [5, 5.41) is 4.08. The first-order valence-electron chi connectivity index (χ1n) is 5.54. The van der Waals surface area contributed by atoms with Gasteiger partial charge in [-0.1, -0.05) is 18.2 Å². The maximum absolute atomic E-state index is 4.42. The molecule has 1 N–H and O–H groups in total. The Balaban J connectivity index is 1.95. The molecule has 0 atom stereocenters. The lowest BCUT2D eigenvalue weighted by atomic mass is 10.2. The predicted molar refractivity (Wildman–Crippen MR) is 74.8 cm³/mol. The van der Waals surface area contributed by atoms with Crippen LogP contribution in [-0.4, -0.2) is 15.9 Å². The Morgan fingerprint density at radius 2 is 2.18 bits per heavy atom. The largest absolute Gasteiger partial charge is 0.361 e. The summed E-state index contributed by atoms with van der Waals surface area (Å²) in [5.41, 5.74) is 1.31. The van der Waals surface area contributed by atoms with Gasteiger partial charge in [0, 0.05) is 23.0 Å². The number of hydrogen-bond acceptors (Lipinski definition) is 5. The smallest absolute Gasteiger partial charge is 0.202 e. The first-order chi connectivity index (χ1) is 8.29. The first-order valence-corrected chi connectivity index (χ1v) is 7.30. The van der Waals surface area contributed by atoms with Crippen LogP contribution in [0.25, 0.3) is 0 Å². The Kier molecular flexibility index (Phi) is 4.39. The highest BCUT2D eigenvalue weighted by Gasteiger charge is 2.04. The van der Waals surface area contributed by atoms with E-state index in [2.05, 4.69) is 52.8 Å². The molecular formula is C12H15N3S2. The fourth-order valence-corrected chi connectivity index (χ4v) is 3.01. The third kappa shape index (κ3) is 3.44. The van der Waals surface area contributed by atoms with E-state index in [1.54, 1.807) is 11.8 Å². The van der Waals surface area contributed by atoms with Gasteiger partial charge < -0.3 is 5.32 Å². The zero-order valence-electron chi connectivity index (χ0n) is 9.93. The number of hydrogen-bond donors (Lipinski definition) is 1. The van der Waals surface area contributed by atoms with E-state index in [4.69, 9.17) is 0 Å². The predicted octanol–water partition coefficient (Wildman–Crippen LogP) is 3.57. The van der Waals surface area contributed by atoms with Crippen LogP contribution in [0.15, 0.2) is 29.2 Å². The Bertz CT molecular complexity index is 482. The molecule has 0 aliphatic rings. The summed E-state index contributed by atoms with van der Waals surface area (Å²) < 4.78 is 4.33. The highest BCUT2D eigenvalue weighted by atomic mass is 32.2. The second-order valence-corrected chi connectivity index (χ2v) is 5.37. The van der Waals surface area contributed by atoms with Crippen molar-refractivity contribution in [2.75, 3.05) is 11.9 Å². The van der Waals surface area contributed by atoms with Gasteiger partial charge in [-0.2, -0.15) is 4.37 Å². The molecule has 0 saturated heterocycles. The number of aryl methyl sites for hydroxylation is 1. The summed E-state index contributed by atoms with van der Waals surface area (Å²) in [6, 6.07) is 8.39. The van der Waals surface area contributed by atoms with E-state index >= 15 is 0 Å². The van der Waals surface area contributed by atoms with Gasteiger partial charge in [0.25, 0.3) is 0 Å². The van der Waals surface area contributed by atoms with Crippen LogP contribution < -0.4 is 5.32 Å². The van der Waals surface area contributed by atoms with Crippen LogP contribution in [0.1, 0.15) is 18.3 Å². The van der Waals surface area contributed by atoms with Gasteiger partial charge in [-0.05, 0) is 25.5 Å². The van der Waals surface area contributed by atoms with Crippen LogP contribution in [0.4, 0.5) is 5.13 Å². The normalized spacial score (nSPS) is 10.5. The molecule has 3 nitrogen and oxygen atoms in total. The molecule has 1 aromatic heterocycles. The average Bonchev–Trinajstić information content (AvgIpc) is 2.76. The van der Waals surface area contributed by atoms with Gasteiger partial charge in [0.2, 0.25) is 5.13 Å². The Hall–Kier alpha value is -1.07. The molecule has 0 aliphatic carbocycles. The lowest BCUT2D eigenvalue weighted by Gasteiger charge is -2.02. The van der Waals surface area contributed by atoms with Gasteiger partial charge >= 0.3 is 0 Å². The SMILES string of the molecule is CCNc1nc(CSc2ccccc2C)ns1. The molecule has 5 heteroatoms. The van der Waals surface area contributed by atoms with E-state index in [1.165, 1.54) is 22.0 Å². The fourth-order valence-electron chi connectivity index (χ4n) is 1.40. The van der Waals surface area contributed by atoms with Crippen LogP contribution >= 0.6 is 23.3 Å². The summed E-state index contributed by atoms with van der Waals surface area (Å²) in [6.07, 6.45) is 0. The zero-order chi connectivity index (χ0) is 12.1. The van der Waals surface area contributed by atoms with Crippen LogP contribution in [0.5, 0.6) is 0 Å².